The van der Waals surface area contributed by atoms with Gasteiger partial charge in [0.25, 0.3) is 5.91 Å². The summed E-state index contributed by atoms with van der Waals surface area (Å²) in [4.78, 5) is 23.1. The Hall–Kier alpha value is -3.02. The van der Waals surface area contributed by atoms with E-state index in [9.17, 15) is 4.79 Å². The lowest BCUT2D eigenvalue weighted by molar-refractivity contribution is 0.0704. The van der Waals surface area contributed by atoms with Gasteiger partial charge in [-0.05, 0) is 25.0 Å². The van der Waals surface area contributed by atoms with E-state index in [-0.39, 0.29) is 11.9 Å². The van der Waals surface area contributed by atoms with Crippen LogP contribution in [-0.4, -0.2) is 32.5 Å². The molecule has 4 rings (SSSR count). The molecule has 0 N–H and O–H groups in total. The first kappa shape index (κ1) is 14.6. The SMILES string of the molecule is O=C(c1ccccn1)N1CCC[C@@H]1c1nc(-c2ccccc2)no1. The Labute approximate surface area is 139 Å². The minimum atomic E-state index is -0.190. The van der Waals surface area contributed by atoms with Crippen molar-refractivity contribution in [3.05, 3.63) is 66.3 Å². The van der Waals surface area contributed by atoms with Crippen molar-refractivity contribution in [1.82, 2.24) is 20.0 Å². The highest BCUT2D eigenvalue weighted by atomic mass is 16.5. The summed E-state index contributed by atoms with van der Waals surface area (Å²) < 4.78 is 5.44. The van der Waals surface area contributed by atoms with Gasteiger partial charge in [-0.25, -0.2) is 0 Å². The predicted octanol–water partition coefficient (Wildman–Crippen LogP) is 3.11. The standard InChI is InChI=1S/C18H16N4O2/c23-18(14-9-4-5-11-19-14)22-12-6-10-15(22)17-20-16(21-24-17)13-7-2-1-3-8-13/h1-5,7-9,11,15H,6,10,12H2/t15-/m1/s1. The van der Waals surface area contributed by atoms with Gasteiger partial charge < -0.3 is 9.42 Å². The fourth-order valence-electron chi connectivity index (χ4n) is 2.98. The highest BCUT2D eigenvalue weighted by Crippen LogP contribution is 2.32. The van der Waals surface area contributed by atoms with E-state index < -0.39 is 0 Å². The van der Waals surface area contributed by atoms with Crippen LogP contribution < -0.4 is 0 Å². The molecule has 1 atom stereocenters. The van der Waals surface area contributed by atoms with E-state index in [1.54, 1.807) is 23.2 Å². The summed E-state index contributed by atoms with van der Waals surface area (Å²) in [5.74, 6) is 0.927. The fraction of sp³-hybridized carbons (Fsp3) is 0.222. The third-order valence-electron chi connectivity index (χ3n) is 4.16. The van der Waals surface area contributed by atoms with Gasteiger partial charge in [-0.2, -0.15) is 4.98 Å². The quantitative estimate of drug-likeness (QED) is 0.741. The first-order valence-electron chi connectivity index (χ1n) is 7.94. The van der Waals surface area contributed by atoms with E-state index in [1.165, 1.54) is 0 Å². The molecule has 6 heteroatoms. The molecule has 3 heterocycles. The Bertz CT molecular complexity index is 832. The monoisotopic (exact) mass is 320 g/mol. The summed E-state index contributed by atoms with van der Waals surface area (Å²) in [5, 5.41) is 4.06. The van der Waals surface area contributed by atoms with Crippen molar-refractivity contribution in [3.63, 3.8) is 0 Å². The first-order chi connectivity index (χ1) is 11.8. The Kier molecular flexibility index (Phi) is 3.78. The van der Waals surface area contributed by atoms with Crippen LogP contribution >= 0.6 is 0 Å². The maximum atomic E-state index is 12.7. The van der Waals surface area contributed by atoms with Gasteiger partial charge in [0.2, 0.25) is 11.7 Å². The molecule has 6 nitrogen and oxygen atoms in total. The minimum absolute atomic E-state index is 0.0995. The van der Waals surface area contributed by atoms with Crippen LogP contribution in [0.3, 0.4) is 0 Å². The zero-order valence-corrected chi connectivity index (χ0v) is 13.0. The molecule has 2 aromatic heterocycles. The summed E-state index contributed by atoms with van der Waals surface area (Å²) >= 11 is 0. The zero-order valence-electron chi connectivity index (χ0n) is 13.0. The average Bonchev–Trinajstić information content (AvgIpc) is 3.32. The lowest BCUT2D eigenvalue weighted by Gasteiger charge is -2.21. The van der Waals surface area contributed by atoms with Crippen molar-refractivity contribution in [1.29, 1.82) is 0 Å². The second kappa shape index (κ2) is 6.23. The number of carbonyl (C=O) groups is 1. The minimum Gasteiger partial charge on any atom is -0.337 e. The molecule has 0 aliphatic carbocycles. The van der Waals surface area contributed by atoms with Gasteiger partial charge in [0.1, 0.15) is 11.7 Å². The van der Waals surface area contributed by atoms with Crippen molar-refractivity contribution in [2.75, 3.05) is 6.54 Å². The van der Waals surface area contributed by atoms with Crippen molar-refractivity contribution in [3.8, 4) is 11.4 Å². The molecule has 1 saturated heterocycles. The molecule has 1 aliphatic heterocycles. The van der Waals surface area contributed by atoms with E-state index in [1.807, 2.05) is 36.4 Å². The predicted molar refractivity (Wildman–Crippen MR) is 87.0 cm³/mol. The fourth-order valence-corrected chi connectivity index (χ4v) is 2.98. The van der Waals surface area contributed by atoms with Crippen molar-refractivity contribution in [2.24, 2.45) is 0 Å². The first-order valence-corrected chi connectivity index (χ1v) is 7.94. The molecule has 1 aromatic carbocycles. The molecule has 0 saturated carbocycles. The smallest absolute Gasteiger partial charge is 0.273 e. The number of likely N-dealkylation sites (tertiary alicyclic amines) is 1. The van der Waals surface area contributed by atoms with Crippen LogP contribution in [0.2, 0.25) is 0 Å². The van der Waals surface area contributed by atoms with Gasteiger partial charge in [0.15, 0.2) is 0 Å². The van der Waals surface area contributed by atoms with Crippen molar-refractivity contribution >= 4 is 5.91 Å². The van der Waals surface area contributed by atoms with Gasteiger partial charge >= 0.3 is 0 Å². The summed E-state index contributed by atoms with van der Waals surface area (Å²) in [6.07, 6.45) is 3.35. The number of carbonyl (C=O) groups excluding carboxylic acids is 1. The van der Waals surface area contributed by atoms with Gasteiger partial charge in [0.05, 0.1) is 0 Å². The molecule has 3 aromatic rings. The van der Waals surface area contributed by atoms with Crippen LogP contribution in [0.15, 0.2) is 59.3 Å². The maximum Gasteiger partial charge on any atom is 0.273 e. The Morgan fingerprint density at radius 3 is 2.75 bits per heavy atom. The van der Waals surface area contributed by atoms with Crippen molar-refractivity contribution < 1.29 is 9.32 Å². The third-order valence-corrected chi connectivity index (χ3v) is 4.16. The number of rotatable bonds is 3. The maximum absolute atomic E-state index is 12.7. The Balaban J connectivity index is 1.60. The Morgan fingerprint density at radius 1 is 1.12 bits per heavy atom. The van der Waals surface area contributed by atoms with Crippen LogP contribution in [0.25, 0.3) is 11.4 Å². The summed E-state index contributed by atoms with van der Waals surface area (Å²) in [5.41, 5.74) is 1.33. The number of benzene rings is 1. The number of hydrogen-bond donors (Lipinski definition) is 0. The normalized spacial score (nSPS) is 17.2. The largest absolute Gasteiger partial charge is 0.337 e. The molecule has 1 fully saturated rings. The number of pyridine rings is 1. The molecule has 0 spiro atoms. The topological polar surface area (TPSA) is 72.1 Å². The van der Waals surface area contributed by atoms with Gasteiger partial charge in [-0.3, -0.25) is 9.78 Å². The molecule has 0 radical (unpaired) electrons. The molecule has 120 valence electrons. The summed E-state index contributed by atoms with van der Waals surface area (Å²) in [6.45, 7) is 0.670. The van der Waals surface area contributed by atoms with Crippen LogP contribution in [0.4, 0.5) is 0 Å². The number of hydrogen-bond acceptors (Lipinski definition) is 5. The lowest BCUT2D eigenvalue weighted by atomic mass is 10.2. The molecule has 0 unspecified atom stereocenters. The molecular weight excluding hydrogens is 304 g/mol. The van der Waals surface area contributed by atoms with Gasteiger partial charge in [0, 0.05) is 18.3 Å². The second-order valence-electron chi connectivity index (χ2n) is 5.69. The lowest BCUT2D eigenvalue weighted by Crippen LogP contribution is -2.31. The van der Waals surface area contributed by atoms with E-state index in [4.69, 9.17) is 4.52 Å². The van der Waals surface area contributed by atoms with Crippen LogP contribution in [0.5, 0.6) is 0 Å². The number of aromatic nitrogens is 3. The number of amides is 1. The average molecular weight is 320 g/mol. The highest BCUT2D eigenvalue weighted by molar-refractivity contribution is 5.92. The van der Waals surface area contributed by atoms with Crippen molar-refractivity contribution in [2.45, 2.75) is 18.9 Å². The van der Waals surface area contributed by atoms with E-state index in [0.717, 1.165) is 18.4 Å². The summed E-state index contributed by atoms with van der Waals surface area (Å²) in [7, 11) is 0. The van der Waals surface area contributed by atoms with E-state index >= 15 is 0 Å². The van der Waals surface area contributed by atoms with Crippen LogP contribution in [-0.2, 0) is 0 Å². The molecule has 24 heavy (non-hydrogen) atoms. The molecule has 0 bridgehead atoms. The van der Waals surface area contributed by atoms with Gasteiger partial charge in [-0.1, -0.05) is 41.6 Å². The summed E-state index contributed by atoms with van der Waals surface area (Å²) in [6, 6.07) is 14.8. The molecule has 1 amide bonds. The highest BCUT2D eigenvalue weighted by Gasteiger charge is 2.35. The second-order valence-corrected chi connectivity index (χ2v) is 5.69. The van der Waals surface area contributed by atoms with Crippen LogP contribution in [0.1, 0.15) is 35.3 Å². The third kappa shape index (κ3) is 2.67. The van der Waals surface area contributed by atoms with E-state index in [0.29, 0.717) is 24.0 Å². The number of nitrogens with zero attached hydrogens (tertiary/aromatic N) is 4. The van der Waals surface area contributed by atoms with E-state index in [2.05, 4.69) is 15.1 Å². The Morgan fingerprint density at radius 2 is 1.96 bits per heavy atom. The van der Waals surface area contributed by atoms with Crippen LogP contribution in [0, 0.1) is 0 Å². The molecule has 1 aliphatic rings. The zero-order chi connectivity index (χ0) is 16.4. The molecular formula is C18H16N4O2. The van der Waals surface area contributed by atoms with Gasteiger partial charge in [-0.15, -0.1) is 0 Å².